The zero-order valence-corrected chi connectivity index (χ0v) is 11.7. The van der Waals surface area contributed by atoms with Crippen LogP contribution >= 0.6 is 11.6 Å². The molecule has 0 saturated heterocycles. The van der Waals surface area contributed by atoms with Crippen LogP contribution in [0, 0.1) is 5.92 Å². The maximum atomic E-state index is 6.15. The Labute approximate surface area is 110 Å². The van der Waals surface area contributed by atoms with E-state index in [4.69, 9.17) is 17.3 Å². The van der Waals surface area contributed by atoms with Crippen molar-refractivity contribution >= 4 is 11.6 Å². The van der Waals surface area contributed by atoms with Crippen LogP contribution in [0.5, 0.6) is 0 Å². The number of hydrogen-bond acceptors (Lipinski definition) is 2. The lowest BCUT2D eigenvalue weighted by atomic mass is 10.0. The predicted octanol–water partition coefficient (Wildman–Crippen LogP) is 3.32. The Balaban J connectivity index is 2.39. The normalized spacial score (nSPS) is 13.4. The van der Waals surface area contributed by atoms with Gasteiger partial charge in [0, 0.05) is 17.6 Å². The van der Waals surface area contributed by atoms with Gasteiger partial charge in [0.2, 0.25) is 0 Å². The van der Waals surface area contributed by atoms with E-state index in [1.165, 1.54) is 0 Å². The van der Waals surface area contributed by atoms with Gasteiger partial charge in [-0.05, 0) is 43.6 Å². The van der Waals surface area contributed by atoms with Gasteiger partial charge in [0.05, 0.1) is 0 Å². The second kappa shape index (κ2) is 7.00. The molecule has 2 nitrogen and oxygen atoms in total. The molecule has 0 radical (unpaired) electrons. The van der Waals surface area contributed by atoms with Gasteiger partial charge in [-0.3, -0.25) is 0 Å². The van der Waals surface area contributed by atoms with Gasteiger partial charge in [-0.1, -0.05) is 37.6 Å². The van der Waals surface area contributed by atoms with Gasteiger partial charge in [-0.25, -0.2) is 0 Å². The number of nitrogens with zero attached hydrogens (tertiary/aromatic N) is 1. The zero-order valence-electron chi connectivity index (χ0n) is 11.0. The average molecular weight is 255 g/mol. The summed E-state index contributed by atoms with van der Waals surface area (Å²) in [6.07, 6.45) is 0.977. The molecule has 0 bridgehead atoms. The molecule has 0 amide bonds. The van der Waals surface area contributed by atoms with E-state index in [0.717, 1.165) is 30.1 Å². The van der Waals surface area contributed by atoms with Crippen LogP contribution in [0.25, 0.3) is 0 Å². The molecule has 0 aliphatic carbocycles. The van der Waals surface area contributed by atoms with Crippen molar-refractivity contribution in [3.05, 3.63) is 34.9 Å². The van der Waals surface area contributed by atoms with Crippen LogP contribution < -0.4 is 5.73 Å². The summed E-state index contributed by atoms with van der Waals surface area (Å²) in [5.74, 6) is 0.701. The molecular weight excluding hydrogens is 232 g/mol. The molecule has 1 rings (SSSR count). The lowest BCUT2D eigenvalue weighted by Crippen LogP contribution is -2.27. The Morgan fingerprint density at radius 3 is 2.35 bits per heavy atom. The van der Waals surface area contributed by atoms with Crippen molar-refractivity contribution in [2.75, 3.05) is 20.1 Å². The summed E-state index contributed by atoms with van der Waals surface area (Å²) in [4.78, 5) is 2.33. The fourth-order valence-electron chi connectivity index (χ4n) is 1.95. The summed E-state index contributed by atoms with van der Waals surface area (Å²) in [6, 6.07) is 7.91. The highest BCUT2D eigenvalue weighted by atomic mass is 35.5. The number of benzene rings is 1. The van der Waals surface area contributed by atoms with Gasteiger partial charge in [0.15, 0.2) is 0 Å². The van der Waals surface area contributed by atoms with E-state index >= 15 is 0 Å². The van der Waals surface area contributed by atoms with Crippen molar-refractivity contribution in [2.24, 2.45) is 11.7 Å². The van der Waals surface area contributed by atoms with Crippen LogP contribution in [0.15, 0.2) is 24.3 Å². The molecule has 0 aliphatic heterocycles. The topological polar surface area (TPSA) is 29.3 Å². The first-order valence-electron chi connectivity index (χ1n) is 6.18. The summed E-state index contributed by atoms with van der Waals surface area (Å²) in [5, 5.41) is 0.762. The van der Waals surface area contributed by atoms with Crippen LogP contribution in [-0.2, 0) is 0 Å². The highest BCUT2D eigenvalue weighted by Gasteiger charge is 2.08. The van der Waals surface area contributed by atoms with Gasteiger partial charge in [0.25, 0.3) is 0 Å². The molecule has 0 aliphatic rings. The van der Waals surface area contributed by atoms with Crippen molar-refractivity contribution in [1.82, 2.24) is 4.90 Å². The number of hydrogen-bond donors (Lipinski definition) is 1. The molecule has 1 aromatic carbocycles. The third-order valence-electron chi connectivity index (χ3n) is 2.80. The molecule has 17 heavy (non-hydrogen) atoms. The van der Waals surface area contributed by atoms with E-state index < -0.39 is 0 Å². The van der Waals surface area contributed by atoms with Gasteiger partial charge in [-0.15, -0.1) is 0 Å². The smallest absolute Gasteiger partial charge is 0.0406 e. The van der Waals surface area contributed by atoms with Gasteiger partial charge in [0.1, 0.15) is 0 Å². The van der Waals surface area contributed by atoms with Crippen molar-refractivity contribution in [3.8, 4) is 0 Å². The second-order valence-corrected chi connectivity index (χ2v) is 5.54. The Bertz CT molecular complexity index is 321. The van der Waals surface area contributed by atoms with E-state index in [2.05, 4.69) is 25.8 Å². The lowest BCUT2D eigenvalue weighted by Gasteiger charge is -2.21. The van der Waals surface area contributed by atoms with Crippen LogP contribution in [0.1, 0.15) is 31.9 Å². The third-order valence-corrected chi connectivity index (χ3v) is 3.05. The van der Waals surface area contributed by atoms with E-state index in [9.17, 15) is 0 Å². The largest absolute Gasteiger partial charge is 0.324 e. The molecule has 0 fully saturated rings. The van der Waals surface area contributed by atoms with Crippen molar-refractivity contribution in [1.29, 1.82) is 0 Å². The molecular formula is C14H23ClN2. The van der Waals surface area contributed by atoms with Gasteiger partial charge < -0.3 is 10.6 Å². The first kappa shape index (κ1) is 14.5. The summed E-state index contributed by atoms with van der Waals surface area (Å²) >= 11 is 5.85. The Morgan fingerprint density at radius 1 is 1.24 bits per heavy atom. The summed E-state index contributed by atoms with van der Waals surface area (Å²) in [6.45, 7) is 6.61. The molecule has 0 aromatic heterocycles. The van der Waals surface area contributed by atoms with E-state index in [1.807, 2.05) is 24.3 Å². The molecule has 96 valence electrons. The van der Waals surface area contributed by atoms with Gasteiger partial charge >= 0.3 is 0 Å². The maximum absolute atomic E-state index is 6.15. The predicted molar refractivity (Wildman–Crippen MR) is 75.3 cm³/mol. The van der Waals surface area contributed by atoms with Crippen LogP contribution in [0.2, 0.25) is 5.02 Å². The third kappa shape index (κ3) is 5.53. The molecule has 1 aromatic rings. The first-order valence-corrected chi connectivity index (χ1v) is 6.56. The van der Waals surface area contributed by atoms with E-state index in [1.54, 1.807) is 0 Å². The molecule has 0 saturated carbocycles. The van der Waals surface area contributed by atoms with Crippen molar-refractivity contribution in [3.63, 3.8) is 0 Å². The maximum Gasteiger partial charge on any atom is 0.0406 e. The minimum absolute atomic E-state index is 0.0990. The van der Waals surface area contributed by atoms with E-state index in [-0.39, 0.29) is 6.04 Å². The van der Waals surface area contributed by atoms with Gasteiger partial charge in [-0.2, -0.15) is 0 Å². The number of rotatable bonds is 6. The first-order chi connectivity index (χ1) is 7.99. The average Bonchev–Trinajstić information content (AvgIpc) is 2.26. The Hall–Kier alpha value is -0.570. The minimum atomic E-state index is 0.0990. The molecule has 3 heteroatoms. The quantitative estimate of drug-likeness (QED) is 0.844. The standard InChI is InChI=1S/C14H23ClN2/c1-11(2)10-17(3)9-8-14(16)12-4-6-13(15)7-5-12/h4-7,11,14H,8-10,16H2,1-3H3. The molecule has 2 N–H and O–H groups in total. The van der Waals surface area contributed by atoms with Crippen LogP contribution in [0.4, 0.5) is 0 Å². The summed E-state index contributed by atoms with van der Waals surface area (Å²) < 4.78 is 0. The van der Waals surface area contributed by atoms with E-state index in [0.29, 0.717) is 5.92 Å². The molecule has 1 atom stereocenters. The fraction of sp³-hybridized carbons (Fsp3) is 0.571. The minimum Gasteiger partial charge on any atom is -0.324 e. The second-order valence-electron chi connectivity index (χ2n) is 5.10. The zero-order chi connectivity index (χ0) is 12.8. The monoisotopic (exact) mass is 254 g/mol. The Kier molecular flexibility index (Phi) is 5.96. The lowest BCUT2D eigenvalue weighted by molar-refractivity contribution is 0.284. The SMILES string of the molecule is CC(C)CN(C)CCC(N)c1ccc(Cl)cc1. The fourth-order valence-corrected chi connectivity index (χ4v) is 2.08. The Morgan fingerprint density at radius 2 is 1.82 bits per heavy atom. The highest BCUT2D eigenvalue weighted by Crippen LogP contribution is 2.17. The highest BCUT2D eigenvalue weighted by molar-refractivity contribution is 6.30. The number of halogens is 1. The summed E-state index contributed by atoms with van der Waals surface area (Å²) in [7, 11) is 2.15. The molecule has 0 spiro atoms. The summed E-state index contributed by atoms with van der Waals surface area (Å²) in [5.41, 5.74) is 7.31. The van der Waals surface area contributed by atoms with Crippen LogP contribution in [-0.4, -0.2) is 25.0 Å². The molecule has 1 unspecified atom stereocenters. The van der Waals surface area contributed by atoms with Crippen molar-refractivity contribution < 1.29 is 0 Å². The van der Waals surface area contributed by atoms with Crippen LogP contribution in [0.3, 0.4) is 0 Å². The number of nitrogens with two attached hydrogens (primary N) is 1. The molecule has 0 heterocycles. The van der Waals surface area contributed by atoms with Crippen molar-refractivity contribution in [2.45, 2.75) is 26.3 Å².